The molecule has 0 aliphatic carbocycles. The summed E-state index contributed by atoms with van der Waals surface area (Å²) in [5.74, 6) is 0.246. The molecular weight excluding hydrogens is 282 g/mol. The lowest BCUT2D eigenvalue weighted by Gasteiger charge is -2.35. The molecular formula is C16H21N3OS. The van der Waals surface area contributed by atoms with E-state index in [1.165, 1.54) is 6.42 Å². The lowest BCUT2D eigenvalue weighted by molar-refractivity contribution is -0.135. The summed E-state index contributed by atoms with van der Waals surface area (Å²) in [6.07, 6.45) is 9.75. The number of rotatable bonds is 4. The summed E-state index contributed by atoms with van der Waals surface area (Å²) in [7, 11) is 0. The van der Waals surface area contributed by atoms with Gasteiger partial charge in [0.25, 0.3) is 0 Å². The largest absolute Gasteiger partial charge is 0.351 e. The first-order chi connectivity index (χ1) is 10.3. The number of hydrogen-bond acceptors (Lipinski definition) is 3. The highest BCUT2D eigenvalue weighted by molar-refractivity contribution is 7.09. The highest BCUT2D eigenvalue weighted by Gasteiger charge is 2.30. The molecule has 2 atom stereocenters. The minimum atomic E-state index is 0.183. The van der Waals surface area contributed by atoms with E-state index in [2.05, 4.69) is 16.5 Å². The number of aromatic nitrogens is 2. The van der Waals surface area contributed by atoms with E-state index in [1.54, 1.807) is 11.3 Å². The van der Waals surface area contributed by atoms with E-state index in [0.29, 0.717) is 6.42 Å². The highest BCUT2D eigenvalue weighted by atomic mass is 32.1. The molecule has 5 heteroatoms. The third-order valence-corrected chi connectivity index (χ3v) is 5.04. The van der Waals surface area contributed by atoms with Crippen LogP contribution in [-0.4, -0.2) is 26.9 Å². The summed E-state index contributed by atoms with van der Waals surface area (Å²) >= 11 is 1.66. The van der Waals surface area contributed by atoms with Crippen LogP contribution in [0, 0.1) is 0 Å². The second-order valence-electron chi connectivity index (χ2n) is 5.65. The van der Waals surface area contributed by atoms with Crippen molar-refractivity contribution in [2.45, 2.75) is 44.7 Å². The molecule has 2 aromatic rings. The third kappa shape index (κ3) is 3.18. The molecule has 3 rings (SSSR count). The Labute approximate surface area is 129 Å². The first-order valence-electron chi connectivity index (χ1n) is 7.57. The smallest absolute Gasteiger partial charge is 0.225 e. The fraction of sp³-hybridized carbons (Fsp3) is 0.500. The molecule has 3 heterocycles. The Balaban J connectivity index is 1.69. The Kier molecular flexibility index (Phi) is 4.39. The van der Waals surface area contributed by atoms with E-state index in [1.807, 2.05) is 41.0 Å². The van der Waals surface area contributed by atoms with Gasteiger partial charge < -0.3 is 9.47 Å². The van der Waals surface area contributed by atoms with Gasteiger partial charge in [-0.15, -0.1) is 11.3 Å². The number of thiazole rings is 1. The van der Waals surface area contributed by atoms with E-state index in [-0.39, 0.29) is 18.0 Å². The molecule has 0 bridgehead atoms. The quantitative estimate of drug-likeness (QED) is 0.864. The monoisotopic (exact) mass is 303 g/mol. The van der Waals surface area contributed by atoms with Gasteiger partial charge in [0, 0.05) is 43.0 Å². The molecule has 1 aliphatic rings. The van der Waals surface area contributed by atoms with Gasteiger partial charge in [-0.1, -0.05) is 0 Å². The minimum absolute atomic E-state index is 0.183. The van der Waals surface area contributed by atoms with Crippen molar-refractivity contribution in [3.8, 4) is 0 Å². The van der Waals surface area contributed by atoms with Crippen LogP contribution in [-0.2, 0) is 4.79 Å². The Morgan fingerprint density at radius 1 is 1.43 bits per heavy atom. The van der Waals surface area contributed by atoms with Gasteiger partial charge in [0.15, 0.2) is 0 Å². The highest BCUT2D eigenvalue weighted by Crippen LogP contribution is 2.33. The average molecular weight is 303 g/mol. The SMILES string of the molecule is C[C@H](CC(=O)N1CCCC[C@H]1c1nccs1)n1cccc1. The van der Waals surface area contributed by atoms with Crippen LogP contribution >= 0.6 is 11.3 Å². The van der Waals surface area contributed by atoms with Crippen molar-refractivity contribution in [3.05, 3.63) is 41.1 Å². The van der Waals surface area contributed by atoms with E-state index >= 15 is 0 Å². The molecule has 0 aromatic carbocycles. The van der Waals surface area contributed by atoms with Crippen molar-refractivity contribution in [1.82, 2.24) is 14.5 Å². The van der Waals surface area contributed by atoms with Gasteiger partial charge in [-0.05, 0) is 38.3 Å². The number of piperidine rings is 1. The molecule has 1 saturated heterocycles. The summed E-state index contributed by atoms with van der Waals surface area (Å²) < 4.78 is 2.10. The van der Waals surface area contributed by atoms with E-state index in [0.717, 1.165) is 24.4 Å². The molecule has 21 heavy (non-hydrogen) atoms. The van der Waals surface area contributed by atoms with Gasteiger partial charge in [0.2, 0.25) is 5.91 Å². The van der Waals surface area contributed by atoms with Crippen LogP contribution in [0.3, 0.4) is 0 Å². The molecule has 0 saturated carbocycles. The van der Waals surface area contributed by atoms with E-state index in [9.17, 15) is 4.79 Å². The number of carbonyl (C=O) groups excluding carboxylic acids is 1. The number of nitrogens with zero attached hydrogens (tertiary/aromatic N) is 3. The number of hydrogen-bond donors (Lipinski definition) is 0. The summed E-state index contributed by atoms with van der Waals surface area (Å²) in [5.41, 5.74) is 0. The molecule has 0 unspecified atom stereocenters. The van der Waals surface area contributed by atoms with Crippen LogP contribution in [0.15, 0.2) is 36.1 Å². The number of amides is 1. The molecule has 112 valence electrons. The Morgan fingerprint density at radius 3 is 2.95 bits per heavy atom. The maximum Gasteiger partial charge on any atom is 0.225 e. The second-order valence-corrected chi connectivity index (χ2v) is 6.58. The molecule has 0 N–H and O–H groups in total. The predicted molar refractivity (Wildman–Crippen MR) is 84.2 cm³/mol. The van der Waals surface area contributed by atoms with Crippen LogP contribution < -0.4 is 0 Å². The Hall–Kier alpha value is -1.62. The van der Waals surface area contributed by atoms with Gasteiger partial charge >= 0.3 is 0 Å². The zero-order chi connectivity index (χ0) is 14.7. The van der Waals surface area contributed by atoms with Crippen LogP contribution in [0.4, 0.5) is 0 Å². The molecule has 0 radical (unpaired) electrons. The van der Waals surface area contributed by atoms with E-state index < -0.39 is 0 Å². The standard InChI is InChI=1S/C16H21N3OS/c1-13(18-8-4-5-9-18)12-15(20)19-10-3-2-6-14(19)16-17-7-11-21-16/h4-5,7-9,11,13-14H,2-3,6,10,12H2,1H3/t13-,14+/m1/s1. The second kappa shape index (κ2) is 6.43. The zero-order valence-electron chi connectivity index (χ0n) is 12.3. The van der Waals surface area contributed by atoms with Gasteiger partial charge in [-0.2, -0.15) is 0 Å². The Bertz CT molecular complexity index is 564. The zero-order valence-corrected chi connectivity index (χ0v) is 13.1. The van der Waals surface area contributed by atoms with Gasteiger partial charge in [0.05, 0.1) is 6.04 Å². The number of likely N-dealkylation sites (tertiary alicyclic amines) is 1. The maximum absolute atomic E-state index is 12.7. The summed E-state index contributed by atoms with van der Waals surface area (Å²) in [6.45, 7) is 2.96. The van der Waals surface area contributed by atoms with Gasteiger partial charge in [-0.3, -0.25) is 4.79 Å². The van der Waals surface area contributed by atoms with Crippen LogP contribution in [0.5, 0.6) is 0 Å². The molecule has 1 aliphatic heterocycles. The maximum atomic E-state index is 12.7. The van der Waals surface area contributed by atoms with Crippen LogP contribution in [0.1, 0.15) is 49.7 Å². The van der Waals surface area contributed by atoms with Crippen molar-refractivity contribution in [3.63, 3.8) is 0 Å². The summed E-state index contributed by atoms with van der Waals surface area (Å²) in [4.78, 5) is 19.2. The average Bonchev–Trinajstić information content (AvgIpc) is 3.20. The van der Waals surface area contributed by atoms with Gasteiger partial charge in [0.1, 0.15) is 5.01 Å². The van der Waals surface area contributed by atoms with Crippen molar-refractivity contribution >= 4 is 17.2 Å². The molecule has 2 aromatic heterocycles. The topological polar surface area (TPSA) is 38.1 Å². The van der Waals surface area contributed by atoms with Crippen molar-refractivity contribution in [1.29, 1.82) is 0 Å². The third-order valence-electron chi connectivity index (χ3n) is 4.17. The van der Waals surface area contributed by atoms with Gasteiger partial charge in [-0.25, -0.2) is 4.98 Å². The van der Waals surface area contributed by atoms with Crippen LogP contribution in [0.25, 0.3) is 0 Å². The molecule has 0 spiro atoms. The molecule has 1 amide bonds. The summed E-state index contributed by atoms with van der Waals surface area (Å²) in [6, 6.07) is 4.38. The first-order valence-corrected chi connectivity index (χ1v) is 8.45. The van der Waals surface area contributed by atoms with Crippen molar-refractivity contribution in [2.75, 3.05) is 6.54 Å². The fourth-order valence-electron chi connectivity index (χ4n) is 3.00. The number of carbonyl (C=O) groups is 1. The predicted octanol–water partition coefficient (Wildman–Crippen LogP) is 3.65. The lowest BCUT2D eigenvalue weighted by atomic mass is 10.0. The van der Waals surface area contributed by atoms with Crippen molar-refractivity contribution < 1.29 is 4.79 Å². The Morgan fingerprint density at radius 2 is 2.24 bits per heavy atom. The van der Waals surface area contributed by atoms with Crippen molar-refractivity contribution in [2.24, 2.45) is 0 Å². The normalized spacial score (nSPS) is 20.4. The van der Waals surface area contributed by atoms with Crippen LogP contribution in [0.2, 0.25) is 0 Å². The molecule has 4 nitrogen and oxygen atoms in total. The summed E-state index contributed by atoms with van der Waals surface area (Å²) in [5, 5.41) is 3.08. The lowest BCUT2D eigenvalue weighted by Crippen LogP contribution is -2.39. The minimum Gasteiger partial charge on any atom is -0.351 e. The van der Waals surface area contributed by atoms with E-state index in [4.69, 9.17) is 0 Å². The fourth-order valence-corrected chi connectivity index (χ4v) is 3.79. The first kappa shape index (κ1) is 14.3. The molecule has 1 fully saturated rings.